The molecule has 9 nitrogen and oxygen atoms in total. The van der Waals surface area contributed by atoms with E-state index in [4.69, 9.17) is 10.5 Å². The van der Waals surface area contributed by atoms with Gasteiger partial charge in [-0.25, -0.2) is 4.79 Å². The van der Waals surface area contributed by atoms with E-state index >= 15 is 0 Å². The van der Waals surface area contributed by atoms with Crippen LogP contribution < -0.4 is 21.9 Å². The summed E-state index contributed by atoms with van der Waals surface area (Å²) in [7, 11) is 0. The normalized spacial score (nSPS) is 15.7. The van der Waals surface area contributed by atoms with Crippen LogP contribution in [0, 0.1) is 5.92 Å². The first-order valence-electron chi connectivity index (χ1n) is 12.6. The molecule has 9 heteroatoms. The van der Waals surface area contributed by atoms with Crippen LogP contribution in [0.25, 0.3) is 0 Å². The second-order valence-corrected chi connectivity index (χ2v) is 9.69. The van der Waals surface area contributed by atoms with Crippen molar-refractivity contribution in [2.45, 2.75) is 65.6 Å². The minimum absolute atomic E-state index is 0.0330. The molecule has 1 aliphatic heterocycles. The van der Waals surface area contributed by atoms with Crippen LogP contribution in [0.1, 0.15) is 52.0 Å². The Balaban J connectivity index is 1.91. The number of rotatable bonds is 12. The van der Waals surface area contributed by atoms with Gasteiger partial charge in [-0.15, -0.1) is 0 Å². The van der Waals surface area contributed by atoms with Gasteiger partial charge in [0, 0.05) is 32.8 Å². The Hall–Kier alpha value is -2.91. The number of carbonyl (C=O) groups excluding carboxylic acids is 1. The molecule has 1 aromatic carbocycles. The number of aromatic amines is 1. The highest BCUT2D eigenvalue weighted by Gasteiger charge is 2.27. The summed E-state index contributed by atoms with van der Waals surface area (Å²) in [6.45, 7) is 8.71. The van der Waals surface area contributed by atoms with Gasteiger partial charge >= 0.3 is 5.69 Å². The lowest BCUT2D eigenvalue weighted by atomic mass is 10.1. The molecule has 3 N–H and O–H groups in total. The lowest BCUT2D eigenvalue weighted by molar-refractivity contribution is -0.120. The van der Waals surface area contributed by atoms with Gasteiger partial charge in [0.1, 0.15) is 5.82 Å². The van der Waals surface area contributed by atoms with E-state index in [9.17, 15) is 14.4 Å². The molecule has 3 rings (SSSR count). The largest absolute Gasteiger partial charge is 0.383 e. The summed E-state index contributed by atoms with van der Waals surface area (Å²) in [5, 5.41) is 0. The first-order valence-corrected chi connectivity index (χ1v) is 12.6. The van der Waals surface area contributed by atoms with Crippen LogP contribution in [0.4, 0.5) is 11.5 Å². The lowest BCUT2D eigenvalue weighted by Crippen LogP contribution is -2.46. The second-order valence-electron chi connectivity index (χ2n) is 9.69. The maximum Gasteiger partial charge on any atom is 0.330 e. The van der Waals surface area contributed by atoms with Gasteiger partial charge in [-0.2, -0.15) is 0 Å². The SMILES string of the molecule is CCCCN(C(=O)CN(Cc1ccccc1)CC1CCCO1)c1c(N)n(CC(C)C)c(=O)[nH]c1=O. The van der Waals surface area contributed by atoms with Crippen LogP contribution in [0.2, 0.25) is 0 Å². The number of aromatic nitrogens is 2. The number of unbranched alkanes of at least 4 members (excludes halogenated alkanes) is 1. The lowest BCUT2D eigenvalue weighted by Gasteiger charge is -2.29. The predicted octanol–water partition coefficient (Wildman–Crippen LogP) is 2.59. The van der Waals surface area contributed by atoms with Crippen LogP contribution in [0.15, 0.2) is 39.9 Å². The molecule has 1 amide bonds. The van der Waals surface area contributed by atoms with Gasteiger partial charge in [0.05, 0.1) is 12.6 Å². The Morgan fingerprint density at radius 2 is 2.00 bits per heavy atom. The average Bonchev–Trinajstić information content (AvgIpc) is 3.32. The maximum atomic E-state index is 13.7. The third-order valence-electron chi connectivity index (χ3n) is 6.16. The molecule has 1 aliphatic rings. The Labute approximate surface area is 206 Å². The van der Waals surface area contributed by atoms with Crippen molar-refractivity contribution in [2.75, 3.05) is 36.9 Å². The van der Waals surface area contributed by atoms with E-state index in [1.54, 1.807) is 0 Å². The number of anilines is 2. The molecule has 0 bridgehead atoms. The topological polar surface area (TPSA) is 114 Å². The second kappa shape index (κ2) is 12.7. The predicted molar refractivity (Wildman–Crippen MR) is 139 cm³/mol. The Morgan fingerprint density at radius 1 is 1.26 bits per heavy atom. The Morgan fingerprint density at radius 3 is 2.63 bits per heavy atom. The van der Waals surface area contributed by atoms with Crippen molar-refractivity contribution in [1.29, 1.82) is 0 Å². The zero-order valence-corrected chi connectivity index (χ0v) is 21.2. The van der Waals surface area contributed by atoms with Crippen LogP contribution in [-0.2, 0) is 22.6 Å². The number of nitrogen functional groups attached to an aromatic ring is 1. The van der Waals surface area contributed by atoms with E-state index in [2.05, 4.69) is 9.88 Å². The summed E-state index contributed by atoms with van der Waals surface area (Å²) in [5.41, 5.74) is 6.31. The molecule has 2 aromatic rings. The molecule has 35 heavy (non-hydrogen) atoms. The fraction of sp³-hybridized carbons (Fsp3) is 0.577. The number of nitrogens with zero attached hydrogens (tertiary/aromatic N) is 3. The summed E-state index contributed by atoms with van der Waals surface area (Å²) in [4.78, 5) is 44.9. The van der Waals surface area contributed by atoms with E-state index in [0.717, 1.165) is 31.4 Å². The monoisotopic (exact) mass is 485 g/mol. The maximum absolute atomic E-state index is 13.7. The summed E-state index contributed by atoms with van der Waals surface area (Å²) in [6.07, 6.45) is 3.61. The van der Waals surface area contributed by atoms with Crippen molar-refractivity contribution >= 4 is 17.4 Å². The molecular weight excluding hydrogens is 446 g/mol. The van der Waals surface area contributed by atoms with Gasteiger partial charge in [0.25, 0.3) is 5.56 Å². The van der Waals surface area contributed by atoms with Gasteiger partial charge in [0.15, 0.2) is 5.69 Å². The molecule has 0 radical (unpaired) electrons. The van der Waals surface area contributed by atoms with Crippen LogP contribution in [-0.4, -0.2) is 52.7 Å². The fourth-order valence-corrected chi connectivity index (χ4v) is 4.44. The smallest absolute Gasteiger partial charge is 0.330 e. The molecule has 0 spiro atoms. The summed E-state index contributed by atoms with van der Waals surface area (Å²) < 4.78 is 7.19. The van der Waals surface area contributed by atoms with Crippen molar-refractivity contribution in [3.05, 3.63) is 56.7 Å². The van der Waals surface area contributed by atoms with E-state index in [1.165, 1.54) is 9.47 Å². The number of hydrogen-bond acceptors (Lipinski definition) is 6. The number of benzene rings is 1. The average molecular weight is 486 g/mol. The van der Waals surface area contributed by atoms with E-state index in [1.807, 2.05) is 51.1 Å². The van der Waals surface area contributed by atoms with E-state index in [0.29, 0.717) is 32.6 Å². The van der Waals surface area contributed by atoms with Gasteiger partial charge in [-0.05, 0) is 30.7 Å². The van der Waals surface area contributed by atoms with Crippen molar-refractivity contribution in [3.8, 4) is 0 Å². The summed E-state index contributed by atoms with van der Waals surface area (Å²) in [5.74, 6) is -0.0497. The van der Waals surface area contributed by atoms with E-state index < -0.39 is 11.2 Å². The van der Waals surface area contributed by atoms with Gasteiger partial charge in [0.2, 0.25) is 5.91 Å². The number of hydrogen-bond donors (Lipinski definition) is 2. The van der Waals surface area contributed by atoms with Gasteiger partial charge in [-0.1, -0.05) is 57.5 Å². The highest BCUT2D eigenvalue weighted by Crippen LogP contribution is 2.20. The molecule has 2 heterocycles. The third kappa shape index (κ3) is 7.29. The number of nitrogens with two attached hydrogens (primary N) is 1. The number of carbonyl (C=O) groups is 1. The highest BCUT2D eigenvalue weighted by atomic mass is 16.5. The first-order chi connectivity index (χ1) is 16.8. The standard InChI is InChI=1S/C26H39N5O4/c1-4-5-13-30(23-24(27)31(15-19(2)3)26(34)28-25(23)33)22(32)18-29(17-21-12-9-14-35-21)16-20-10-7-6-8-11-20/h6-8,10-11,19,21H,4-5,9,12-18,27H2,1-3H3,(H,28,33,34). The zero-order chi connectivity index (χ0) is 25.4. The number of nitrogens with one attached hydrogen (secondary N) is 1. The number of amides is 1. The molecular formula is C26H39N5O4. The van der Waals surface area contributed by atoms with Crippen LogP contribution in [0.5, 0.6) is 0 Å². The van der Waals surface area contributed by atoms with Crippen molar-refractivity contribution in [1.82, 2.24) is 14.5 Å². The molecule has 1 saturated heterocycles. The molecule has 0 aliphatic carbocycles. The molecule has 0 saturated carbocycles. The van der Waals surface area contributed by atoms with Crippen molar-refractivity contribution in [2.24, 2.45) is 5.92 Å². The third-order valence-corrected chi connectivity index (χ3v) is 6.16. The van der Waals surface area contributed by atoms with Crippen LogP contribution >= 0.6 is 0 Å². The quantitative estimate of drug-likeness (QED) is 0.478. The number of ether oxygens (including phenoxy) is 1. The fourth-order valence-electron chi connectivity index (χ4n) is 4.44. The van der Waals surface area contributed by atoms with Gasteiger partial charge in [-0.3, -0.25) is 24.0 Å². The van der Waals surface area contributed by atoms with Crippen molar-refractivity contribution in [3.63, 3.8) is 0 Å². The van der Waals surface area contributed by atoms with Crippen LogP contribution in [0.3, 0.4) is 0 Å². The summed E-state index contributed by atoms with van der Waals surface area (Å²) in [6, 6.07) is 9.99. The minimum atomic E-state index is -0.634. The molecule has 192 valence electrons. The van der Waals surface area contributed by atoms with E-state index in [-0.39, 0.29) is 36.0 Å². The molecule has 1 atom stereocenters. The Kier molecular flexibility index (Phi) is 9.68. The Bertz CT molecular complexity index is 1070. The molecule has 1 aromatic heterocycles. The van der Waals surface area contributed by atoms with Gasteiger partial charge < -0.3 is 15.4 Å². The van der Waals surface area contributed by atoms with Crippen molar-refractivity contribution < 1.29 is 9.53 Å². The zero-order valence-electron chi connectivity index (χ0n) is 21.2. The minimum Gasteiger partial charge on any atom is -0.383 e. The number of H-pyrrole nitrogens is 1. The molecule has 1 fully saturated rings. The molecule has 1 unspecified atom stereocenters. The summed E-state index contributed by atoms with van der Waals surface area (Å²) >= 11 is 0. The first kappa shape index (κ1) is 26.7. The highest BCUT2D eigenvalue weighted by molar-refractivity contribution is 5.96.